The molecule has 0 aliphatic heterocycles. The average molecular weight is 403 g/mol. The van der Waals surface area contributed by atoms with Gasteiger partial charge in [-0.05, 0) is 29.8 Å². The van der Waals surface area contributed by atoms with Gasteiger partial charge in [0, 0.05) is 11.5 Å². The highest BCUT2D eigenvalue weighted by Gasteiger charge is 2.14. The minimum Gasteiger partial charge on any atom is -0.497 e. The molecule has 152 valence electrons. The van der Waals surface area contributed by atoms with Crippen LogP contribution >= 0.6 is 0 Å². The number of fused-ring (bicyclic) bond motifs is 1. The Morgan fingerprint density at radius 2 is 1.53 bits per heavy atom. The number of hydrogen-bond acceptors (Lipinski definition) is 7. The van der Waals surface area contributed by atoms with E-state index in [-0.39, 0.29) is 0 Å². The van der Waals surface area contributed by atoms with E-state index in [2.05, 4.69) is 9.97 Å². The summed E-state index contributed by atoms with van der Waals surface area (Å²) in [6, 6.07) is 15.3. The van der Waals surface area contributed by atoms with Crippen molar-refractivity contribution in [3.8, 4) is 34.5 Å². The van der Waals surface area contributed by atoms with E-state index in [1.54, 1.807) is 33.7 Å². The van der Waals surface area contributed by atoms with Crippen molar-refractivity contribution in [3.05, 3.63) is 66.5 Å². The van der Waals surface area contributed by atoms with Gasteiger partial charge in [0.2, 0.25) is 0 Å². The fourth-order valence-corrected chi connectivity index (χ4v) is 3.07. The van der Waals surface area contributed by atoms with Crippen molar-refractivity contribution in [1.29, 1.82) is 0 Å². The second-order valence-electron chi connectivity index (χ2n) is 6.45. The highest BCUT2D eigenvalue weighted by Crippen LogP contribution is 2.34. The molecule has 0 unspecified atom stereocenters. The summed E-state index contributed by atoms with van der Waals surface area (Å²) < 4.78 is 22.1. The lowest BCUT2D eigenvalue weighted by molar-refractivity contribution is 0.308. The molecule has 0 saturated carbocycles. The molecule has 0 aliphatic carbocycles. The number of methoxy groups -OCH3 is 3. The zero-order chi connectivity index (χ0) is 20.9. The van der Waals surface area contributed by atoms with Crippen LogP contribution in [0.5, 0.6) is 23.0 Å². The first-order chi connectivity index (χ1) is 14.7. The Labute approximate surface area is 174 Å². The van der Waals surface area contributed by atoms with E-state index >= 15 is 0 Å². The van der Waals surface area contributed by atoms with Gasteiger partial charge in [0.25, 0.3) is 0 Å². The van der Waals surface area contributed by atoms with Gasteiger partial charge in [-0.3, -0.25) is 0 Å². The molecule has 0 spiro atoms. The molecule has 0 radical (unpaired) electrons. The van der Waals surface area contributed by atoms with Gasteiger partial charge >= 0.3 is 0 Å². The maximum Gasteiger partial charge on any atom is 0.178 e. The largest absolute Gasteiger partial charge is 0.497 e. The SMILES string of the molecule is COc1cnc(-c2cc(OC)c3cccc(OCc4cccc(OC)c4)c3n2)nc1. The van der Waals surface area contributed by atoms with Gasteiger partial charge in [0.1, 0.15) is 35.1 Å². The molecule has 0 aliphatic rings. The molecule has 2 heterocycles. The monoisotopic (exact) mass is 403 g/mol. The summed E-state index contributed by atoms with van der Waals surface area (Å²) in [5.41, 5.74) is 2.25. The first-order valence-corrected chi connectivity index (χ1v) is 9.31. The predicted molar refractivity (Wildman–Crippen MR) is 113 cm³/mol. The lowest BCUT2D eigenvalue weighted by Crippen LogP contribution is -2.00. The first kappa shape index (κ1) is 19.4. The maximum absolute atomic E-state index is 6.10. The zero-order valence-electron chi connectivity index (χ0n) is 17.0. The number of nitrogens with zero attached hydrogens (tertiary/aromatic N) is 3. The molecule has 0 fully saturated rings. The van der Waals surface area contributed by atoms with Gasteiger partial charge in [-0.1, -0.05) is 18.2 Å². The van der Waals surface area contributed by atoms with Crippen LogP contribution in [0.1, 0.15) is 5.56 Å². The predicted octanol–water partition coefficient (Wildman–Crippen LogP) is 4.30. The molecule has 4 rings (SSSR count). The molecule has 0 N–H and O–H groups in total. The fourth-order valence-electron chi connectivity index (χ4n) is 3.07. The van der Waals surface area contributed by atoms with Gasteiger partial charge in [-0.2, -0.15) is 0 Å². The van der Waals surface area contributed by atoms with E-state index in [1.807, 2.05) is 48.5 Å². The molecule has 30 heavy (non-hydrogen) atoms. The average Bonchev–Trinajstić information content (AvgIpc) is 2.82. The Morgan fingerprint density at radius 1 is 0.767 bits per heavy atom. The zero-order valence-corrected chi connectivity index (χ0v) is 17.0. The normalized spacial score (nSPS) is 10.6. The summed E-state index contributed by atoms with van der Waals surface area (Å²) in [7, 11) is 4.84. The molecule has 0 bridgehead atoms. The molecule has 0 saturated heterocycles. The van der Waals surface area contributed by atoms with Crippen molar-refractivity contribution in [1.82, 2.24) is 15.0 Å². The van der Waals surface area contributed by atoms with Gasteiger partial charge in [-0.15, -0.1) is 0 Å². The molecule has 2 aromatic heterocycles. The second-order valence-corrected chi connectivity index (χ2v) is 6.45. The van der Waals surface area contributed by atoms with E-state index in [9.17, 15) is 0 Å². The van der Waals surface area contributed by atoms with Crippen LogP contribution < -0.4 is 18.9 Å². The minimum atomic E-state index is 0.379. The number of para-hydroxylation sites is 1. The number of rotatable bonds is 7. The Balaban J connectivity index is 1.72. The van der Waals surface area contributed by atoms with Gasteiger partial charge < -0.3 is 18.9 Å². The maximum atomic E-state index is 6.10. The first-order valence-electron chi connectivity index (χ1n) is 9.31. The third kappa shape index (κ3) is 3.96. The van der Waals surface area contributed by atoms with Crippen molar-refractivity contribution in [2.75, 3.05) is 21.3 Å². The molecular formula is C23H21N3O4. The second kappa shape index (κ2) is 8.65. The van der Waals surface area contributed by atoms with Crippen LogP contribution in [-0.4, -0.2) is 36.3 Å². The molecule has 2 aromatic carbocycles. The minimum absolute atomic E-state index is 0.379. The summed E-state index contributed by atoms with van der Waals surface area (Å²) in [5, 5.41) is 0.845. The van der Waals surface area contributed by atoms with E-state index < -0.39 is 0 Å². The van der Waals surface area contributed by atoms with Crippen molar-refractivity contribution >= 4 is 10.9 Å². The molecule has 0 amide bonds. The number of pyridine rings is 1. The van der Waals surface area contributed by atoms with Crippen molar-refractivity contribution in [2.45, 2.75) is 6.61 Å². The molecular weight excluding hydrogens is 382 g/mol. The van der Waals surface area contributed by atoms with Gasteiger partial charge in [-0.25, -0.2) is 15.0 Å². The third-order valence-corrected chi connectivity index (χ3v) is 4.61. The van der Waals surface area contributed by atoms with E-state index in [0.29, 0.717) is 40.9 Å². The molecule has 0 atom stereocenters. The van der Waals surface area contributed by atoms with Crippen LogP contribution in [0.4, 0.5) is 0 Å². The standard InChI is InChI=1S/C23H21N3O4/c1-27-16-7-4-6-15(10-16)14-30-20-9-5-8-18-21(29-3)11-19(26-22(18)20)23-24-12-17(28-2)13-25-23/h4-13H,14H2,1-3H3. The van der Waals surface area contributed by atoms with Crippen LogP contribution in [0, 0.1) is 0 Å². The highest BCUT2D eigenvalue weighted by atomic mass is 16.5. The molecule has 7 nitrogen and oxygen atoms in total. The number of aromatic nitrogens is 3. The van der Waals surface area contributed by atoms with E-state index in [1.165, 1.54) is 0 Å². The number of hydrogen-bond donors (Lipinski definition) is 0. The van der Waals surface area contributed by atoms with E-state index in [4.69, 9.17) is 23.9 Å². The topological polar surface area (TPSA) is 75.6 Å². The van der Waals surface area contributed by atoms with Crippen LogP contribution in [0.2, 0.25) is 0 Å². The Hall–Kier alpha value is -3.87. The summed E-state index contributed by atoms with van der Waals surface area (Å²) in [6.07, 6.45) is 3.21. The third-order valence-electron chi connectivity index (χ3n) is 4.61. The summed E-state index contributed by atoms with van der Waals surface area (Å²) in [5.74, 6) is 3.14. The summed E-state index contributed by atoms with van der Waals surface area (Å²) >= 11 is 0. The lowest BCUT2D eigenvalue weighted by atomic mass is 10.1. The van der Waals surface area contributed by atoms with Crippen molar-refractivity contribution in [2.24, 2.45) is 0 Å². The molecule has 4 aromatic rings. The van der Waals surface area contributed by atoms with Crippen LogP contribution in [-0.2, 0) is 6.61 Å². The fraction of sp³-hybridized carbons (Fsp3) is 0.174. The smallest absolute Gasteiger partial charge is 0.178 e. The highest BCUT2D eigenvalue weighted by molar-refractivity contribution is 5.91. The summed E-state index contributed by atoms with van der Waals surface area (Å²) in [6.45, 7) is 0.379. The Kier molecular flexibility index (Phi) is 5.61. The number of ether oxygens (including phenoxy) is 4. The van der Waals surface area contributed by atoms with Crippen molar-refractivity contribution in [3.63, 3.8) is 0 Å². The van der Waals surface area contributed by atoms with Crippen LogP contribution in [0.15, 0.2) is 60.9 Å². The number of benzene rings is 2. The van der Waals surface area contributed by atoms with Gasteiger partial charge in [0.15, 0.2) is 11.6 Å². The Bertz CT molecular complexity index is 1160. The van der Waals surface area contributed by atoms with Crippen LogP contribution in [0.25, 0.3) is 22.4 Å². The quantitative estimate of drug-likeness (QED) is 0.455. The lowest BCUT2D eigenvalue weighted by Gasteiger charge is -2.13. The Morgan fingerprint density at radius 3 is 2.27 bits per heavy atom. The van der Waals surface area contributed by atoms with E-state index in [0.717, 1.165) is 16.7 Å². The van der Waals surface area contributed by atoms with Crippen molar-refractivity contribution < 1.29 is 18.9 Å². The van der Waals surface area contributed by atoms with Crippen LogP contribution in [0.3, 0.4) is 0 Å². The molecule has 7 heteroatoms. The summed E-state index contributed by atoms with van der Waals surface area (Å²) in [4.78, 5) is 13.4. The van der Waals surface area contributed by atoms with Gasteiger partial charge in [0.05, 0.1) is 33.7 Å².